The summed E-state index contributed by atoms with van der Waals surface area (Å²) in [5.74, 6) is 0. The minimum absolute atomic E-state index is 0.107. The van der Waals surface area contributed by atoms with Crippen LogP contribution in [0.3, 0.4) is 0 Å². The molecule has 0 saturated heterocycles. The molecule has 0 unspecified atom stereocenters. The average Bonchev–Trinajstić information content (AvgIpc) is 2.22. The molecule has 0 heterocycles. The summed E-state index contributed by atoms with van der Waals surface area (Å²) in [5, 5.41) is 9.93. The molecule has 0 spiro atoms. The summed E-state index contributed by atoms with van der Waals surface area (Å²) in [4.78, 5) is 2.06. The molecule has 1 rings (SSSR count). The third-order valence-corrected chi connectivity index (χ3v) is 3.26. The minimum atomic E-state index is -0.259. The fraction of sp³-hybridized carbons (Fsp3) is 0.500. The van der Waals surface area contributed by atoms with Crippen molar-refractivity contribution in [2.24, 2.45) is 0 Å². The van der Waals surface area contributed by atoms with Gasteiger partial charge in [-0.1, -0.05) is 17.7 Å². The molecule has 1 aromatic rings. The first-order chi connectivity index (χ1) is 7.36. The molecule has 3 nitrogen and oxygen atoms in total. The second-order valence-electron chi connectivity index (χ2n) is 4.68. The van der Waals surface area contributed by atoms with Crippen LogP contribution in [0.25, 0.3) is 0 Å². The molecule has 4 heteroatoms. The summed E-state index contributed by atoms with van der Waals surface area (Å²) in [6.07, 6.45) is 0. The average molecular weight is 243 g/mol. The van der Waals surface area contributed by atoms with E-state index >= 15 is 0 Å². The van der Waals surface area contributed by atoms with Crippen LogP contribution in [0.2, 0.25) is 5.02 Å². The van der Waals surface area contributed by atoms with Gasteiger partial charge in [-0.2, -0.15) is 0 Å². The van der Waals surface area contributed by atoms with Crippen molar-refractivity contribution in [1.29, 1.82) is 0 Å². The van der Waals surface area contributed by atoms with Crippen LogP contribution in [-0.2, 0) is 6.54 Å². The molecule has 0 aromatic heterocycles. The highest BCUT2D eigenvalue weighted by Crippen LogP contribution is 2.23. The highest BCUT2D eigenvalue weighted by molar-refractivity contribution is 6.31. The maximum atomic E-state index is 9.26. The second kappa shape index (κ2) is 5.04. The van der Waals surface area contributed by atoms with Crippen molar-refractivity contribution in [2.45, 2.75) is 25.9 Å². The Balaban J connectivity index is 2.81. The van der Waals surface area contributed by atoms with Crippen LogP contribution in [0.5, 0.6) is 0 Å². The Morgan fingerprint density at radius 3 is 2.56 bits per heavy atom. The second-order valence-corrected chi connectivity index (χ2v) is 5.08. The van der Waals surface area contributed by atoms with E-state index in [1.807, 2.05) is 33.0 Å². The summed E-state index contributed by atoms with van der Waals surface area (Å²) < 4.78 is 0. The zero-order valence-corrected chi connectivity index (χ0v) is 10.8. The lowest BCUT2D eigenvalue weighted by Gasteiger charge is -2.34. The highest BCUT2D eigenvalue weighted by atomic mass is 35.5. The molecular formula is C12H19ClN2O. The number of nitrogen functional groups attached to an aromatic ring is 1. The first-order valence-electron chi connectivity index (χ1n) is 5.23. The Bertz CT molecular complexity index is 366. The van der Waals surface area contributed by atoms with Crippen molar-refractivity contribution in [3.63, 3.8) is 0 Å². The highest BCUT2D eigenvalue weighted by Gasteiger charge is 2.22. The topological polar surface area (TPSA) is 49.5 Å². The number of nitrogens with zero attached hydrogens (tertiary/aromatic N) is 1. The van der Waals surface area contributed by atoms with E-state index < -0.39 is 0 Å². The number of anilines is 1. The van der Waals surface area contributed by atoms with E-state index in [9.17, 15) is 5.11 Å². The van der Waals surface area contributed by atoms with Gasteiger partial charge in [0.2, 0.25) is 0 Å². The maximum Gasteiger partial charge on any atom is 0.0610 e. The Morgan fingerprint density at radius 1 is 1.44 bits per heavy atom. The number of hydrogen-bond donors (Lipinski definition) is 2. The molecule has 90 valence electrons. The molecular weight excluding hydrogens is 224 g/mol. The van der Waals surface area contributed by atoms with Crippen molar-refractivity contribution in [1.82, 2.24) is 4.90 Å². The first kappa shape index (κ1) is 13.3. The number of nitrogens with two attached hydrogens (primary N) is 1. The van der Waals surface area contributed by atoms with Crippen molar-refractivity contribution in [2.75, 3.05) is 19.4 Å². The number of hydrogen-bond acceptors (Lipinski definition) is 3. The Morgan fingerprint density at radius 2 is 2.06 bits per heavy atom. The van der Waals surface area contributed by atoms with Crippen LogP contribution in [0, 0.1) is 0 Å². The lowest BCUT2D eigenvalue weighted by atomic mass is 10.0. The molecule has 0 radical (unpaired) electrons. The van der Waals surface area contributed by atoms with Crippen LogP contribution in [0.4, 0.5) is 5.69 Å². The maximum absolute atomic E-state index is 9.26. The fourth-order valence-corrected chi connectivity index (χ4v) is 1.53. The summed E-state index contributed by atoms with van der Waals surface area (Å²) in [7, 11) is 1.96. The van der Waals surface area contributed by atoms with Gasteiger partial charge in [0.05, 0.1) is 6.61 Å². The SMILES string of the molecule is CN(Cc1ccc(N)cc1Cl)C(C)(C)CO. The number of rotatable bonds is 4. The quantitative estimate of drug-likeness (QED) is 0.796. The zero-order valence-electron chi connectivity index (χ0n) is 10.00. The number of likely N-dealkylation sites (N-methyl/N-ethyl adjacent to an activating group) is 1. The van der Waals surface area contributed by atoms with Crippen LogP contribution in [0.1, 0.15) is 19.4 Å². The van der Waals surface area contributed by atoms with Gasteiger partial charge in [0, 0.05) is 22.8 Å². The molecule has 0 aliphatic rings. The largest absolute Gasteiger partial charge is 0.399 e. The molecule has 0 amide bonds. The lowest BCUT2D eigenvalue weighted by Crippen LogP contribution is -2.43. The summed E-state index contributed by atoms with van der Waals surface area (Å²) >= 11 is 6.10. The summed E-state index contributed by atoms with van der Waals surface area (Å²) in [6.45, 7) is 4.76. The van der Waals surface area contributed by atoms with Gasteiger partial charge < -0.3 is 10.8 Å². The van der Waals surface area contributed by atoms with E-state index in [1.54, 1.807) is 6.07 Å². The van der Waals surface area contributed by atoms with Gasteiger partial charge in [-0.05, 0) is 38.6 Å². The van der Waals surface area contributed by atoms with E-state index in [0.29, 0.717) is 17.3 Å². The van der Waals surface area contributed by atoms with Gasteiger partial charge >= 0.3 is 0 Å². The lowest BCUT2D eigenvalue weighted by molar-refractivity contribution is 0.0734. The summed E-state index contributed by atoms with van der Waals surface area (Å²) in [5.41, 5.74) is 7.05. The van der Waals surface area contributed by atoms with E-state index in [2.05, 4.69) is 4.90 Å². The molecule has 0 aliphatic heterocycles. The third-order valence-electron chi connectivity index (χ3n) is 2.90. The van der Waals surface area contributed by atoms with Gasteiger partial charge in [0.15, 0.2) is 0 Å². The Hall–Kier alpha value is -0.770. The predicted molar refractivity (Wildman–Crippen MR) is 68.5 cm³/mol. The van der Waals surface area contributed by atoms with Crippen LogP contribution in [0.15, 0.2) is 18.2 Å². The molecule has 3 N–H and O–H groups in total. The van der Waals surface area contributed by atoms with Gasteiger partial charge in [0.25, 0.3) is 0 Å². The van der Waals surface area contributed by atoms with Gasteiger partial charge in [0.1, 0.15) is 0 Å². The smallest absolute Gasteiger partial charge is 0.0610 e. The van der Waals surface area contributed by atoms with Gasteiger partial charge in [-0.15, -0.1) is 0 Å². The normalized spacial score (nSPS) is 12.1. The van der Waals surface area contributed by atoms with Crippen LogP contribution in [-0.4, -0.2) is 29.2 Å². The minimum Gasteiger partial charge on any atom is -0.399 e. The van der Waals surface area contributed by atoms with E-state index in [4.69, 9.17) is 17.3 Å². The number of aliphatic hydroxyl groups excluding tert-OH is 1. The van der Waals surface area contributed by atoms with Crippen LogP contribution < -0.4 is 5.73 Å². The van der Waals surface area contributed by atoms with Gasteiger partial charge in [-0.3, -0.25) is 4.90 Å². The molecule has 1 aromatic carbocycles. The Labute approximate surface area is 102 Å². The molecule has 0 bridgehead atoms. The predicted octanol–water partition coefficient (Wildman–Crippen LogP) is 2.12. The third kappa shape index (κ3) is 3.11. The molecule has 16 heavy (non-hydrogen) atoms. The fourth-order valence-electron chi connectivity index (χ4n) is 1.28. The van der Waals surface area contributed by atoms with Crippen molar-refractivity contribution >= 4 is 17.3 Å². The van der Waals surface area contributed by atoms with Gasteiger partial charge in [-0.25, -0.2) is 0 Å². The van der Waals surface area contributed by atoms with Crippen molar-refractivity contribution in [3.8, 4) is 0 Å². The summed E-state index contributed by atoms with van der Waals surface area (Å²) in [6, 6.07) is 5.50. The first-order valence-corrected chi connectivity index (χ1v) is 5.60. The number of aliphatic hydroxyl groups is 1. The van der Waals surface area contributed by atoms with Crippen molar-refractivity contribution < 1.29 is 5.11 Å². The molecule has 0 saturated carbocycles. The molecule has 0 atom stereocenters. The Kier molecular flexibility index (Phi) is 4.19. The van der Waals surface area contributed by atoms with E-state index in [-0.39, 0.29) is 12.1 Å². The molecule has 0 aliphatic carbocycles. The monoisotopic (exact) mass is 242 g/mol. The molecule has 0 fully saturated rings. The zero-order chi connectivity index (χ0) is 12.3. The number of halogens is 1. The van der Waals surface area contributed by atoms with Crippen molar-refractivity contribution in [3.05, 3.63) is 28.8 Å². The standard InChI is InChI=1S/C12H19ClN2O/c1-12(2,8-16)15(3)7-9-4-5-10(14)6-11(9)13/h4-6,16H,7-8,14H2,1-3H3. The van der Waals surface area contributed by atoms with E-state index in [0.717, 1.165) is 5.56 Å². The van der Waals surface area contributed by atoms with Crippen LogP contribution >= 0.6 is 11.6 Å². The number of benzene rings is 1. The van der Waals surface area contributed by atoms with E-state index in [1.165, 1.54) is 0 Å².